The average molecular weight is 817 g/mol. The first-order valence-electron chi connectivity index (χ1n) is 14.4. The Labute approximate surface area is 288 Å². The van der Waals surface area contributed by atoms with Crippen LogP contribution in [0.3, 0.4) is 0 Å². The lowest BCUT2D eigenvalue weighted by atomic mass is 9.76. The molecule has 5 atom stereocenters. The van der Waals surface area contributed by atoms with E-state index in [-0.39, 0.29) is 0 Å². The van der Waals surface area contributed by atoms with Crippen molar-refractivity contribution in [3.63, 3.8) is 0 Å². The number of aliphatic hydroxyl groups excluding tert-OH is 1. The lowest BCUT2D eigenvalue weighted by Gasteiger charge is -2.37. The molecule has 0 amide bonds. The molecule has 26 heteroatoms. The molecule has 0 saturated heterocycles. The van der Waals surface area contributed by atoms with Gasteiger partial charge in [0.05, 0.1) is 30.3 Å². The first-order chi connectivity index (χ1) is 23.6. The van der Waals surface area contributed by atoms with Crippen molar-refractivity contribution in [1.29, 1.82) is 0 Å². The van der Waals surface area contributed by atoms with Crippen LogP contribution < -0.4 is 0 Å². The van der Waals surface area contributed by atoms with Gasteiger partial charge in [-0.1, -0.05) is 13.8 Å². The molecule has 1 N–H and O–H groups in total. The quantitative estimate of drug-likeness (QED) is 0.102. The summed E-state index contributed by atoms with van der Waals surface area (Å²) in [5.41, 5.74) is -2.76. The van der Waals surface area contributed by atoms with E-state index in [0.717, 1.165) is 6.92 Å². The molecule has 0 aromatic heterocycles. The predicted molar refractivity (Wildman–Crippen MR) is 139 cm³/mol. The zero-order valence-corrected chi connectivity index (χ0v) is 27.4. The van der Waals surface area contributed by atoms with Gasteiger partial charge in [-0.15, -0.1) is 0 Å². The number of hydrogen-bond acceptors (Lipinski definition) is 11. The SMILES string of the molecule is CC(=O)OC(C)(CC(C(=O)OCC(F)(F)C(F)(F)F)C(C)C(=O)OCCO)CC(C(=O)OCC(F)(F)C(F)F)C(C)C(=O)OC(C(F)(F)F)C(F)(F)F. The van der Waals surface area contributed by atoms with Crippen molar-refractivity contribution in [2.75, 3.05) is 26.4 Å². The topological polar surface area (TPSA) is 152 Å². The van der Waals surface area contributed by atoms with Crippen molar-refractivity contribution in [3.8, 4) is 0 Å². The van der Waals surface area contributed by atoms with E-state index < -0.39 is 141 Å². The summed E-state index contributed by atoms with van der Waals surface area (Å²) in [6.07, 6.45) is -31.4. The number of esters is 5. The van der Waals surface area contributed by atoms with Crippen LogP contribution in [0, 0.1) is 23.7 Å². The van der Waals surface area contributed by atoms with Gasteiger partial charge in [-0.25, -0.2) is 8.78 Å². The second-order valence-electron chi connectivity index (χ2n) is 11.5. The van der Waals surface area contributed by atoms with E-state index in [1.165, 1.54) is 0 Å². The average Bonchev–Trinajstić information content (AvgIpc) is 2.98. The van der Waals surface area contributed by atoms with Crippen LogP contribution in [-0.4, -0.2) is 110 Å². The number of rotatable bonds is 19. The maximum absolute atomic E-state index is 13.5. The Morgan fingerprint density at radius 3 is 1.42 bits per heavy atom. The van der Waals surface area contributed by atoms with Crippen molar-refractivity contribution in [1.82, 2.24) is 0 Å². The molecule has 53 heavy (non-hydrogen) atoms. The summed E-state index contributed by atoms with van der Waals surface area (Å²) >= 11 is 0. The van der Waals surface area contributed by atoms with E-state index in [0.29, 0.717) is 20.8 Å². The molecule has 0 bridgehead atoms. The van der Waals surface area contributed by atoms with Crippen LogP contribution in [0.5, 0.6) is 0 Å². The highest BCUT2D eigenvalue weighted by Crippen LogP contribution is 2.40. The third-order valence-electron chi connectivity index (χ3n) is 6.95. The molecule has 0 fully saturated rings. The van der Waals surface area contributed by atoms with E-state index >= 15 is 0 Å². The van der Waals surface area contributed by atoms with Crippen molar-refractivity contribution in [2.24, 2.45) is 23.7 Å². The van der Waals surface area contributed by atoms with Gasteiger partial charge in [-0.3, -0.25) is 24.0 Å². The third kappa shape index (κ3) is 15.3. The van der Waals surface area contributed by atoms with E-state index in [1.807, 2.05) is 0 Å². The van der Waals surface area contributed by atoms with Gasteiger partial charge in [0.1, 0.15) is 12.2 Å². The van der Waals surface area contributed by atoms with E-state index in [1.54, 1.807) is 0 Å². The summed E-state index contributed by atoms with van der Waals surface area (Å²) in [4.78, 5) is 63.0. The smallest absolute Gasteiger partial charge is 0.456 e. The fourth-order valence-electron chi connectivity index (χ4n) is 4.21. The number of aliphatic hydroxyl groups is 1. The Morgan fingerprint density at radius 2 is 1.06 bits per heavy atom. The molecule has 0 aromatic carbocycles. The Hall–Kier alpha value is -3.74. The Kier molecular flexibility index (Phi) is 17.2. The maximum Gasteiger partial charge on any atom is 0.456 e. The lowest BCUT2D eigenvalue weighted by Crippen LogP contribution is -2.48. The van der Waals surface area contributed by atoms with Crippen LogP contribution >= 0.6 is 0 Å². The van der Waals surface area contributed by atoms with Crippen LogP contribution in [0.4, 0.5) is 65.9 Å². The highest BCUT2D eigenvalue weighted by molar-refractivity contribution is 5.83. The monoisotopic (exact) mass is 816 g/mol. The molecule has 11 nitrogen and oxygen atoms in total. The second-order valence-corrected chi connectivity index (χ2v) is 11.5. The van der Waals surface area contributed by atoms with Gasteiger partial charge < -0.3 is 28.8 Å². The van der Waals surface area contributed by atoms with Gasteiger partial charge in [-0.05, 0) is 6.92 Å². The van der Waals surface area contributed by atoms with Gasteiger partial charge in [-0.2, -0.15) is 57.1 Å². The van der Waals surface area contributed by atoms with Crippen LogP contribution in [0.2, 0.25) is 0 Å². The van der Waals surface area contributed by atoms with E-state index in [9.17, 15) is 89.8 Å². The predicted octanol–water partition coefficient (Wildman–Crippen LogP) is 5.35. The minimum atomic E-state index is -6.35. The zero-order chi connectivity index (χ0) is 42.1. The number of carbonyl (C=O) groups is 5. The third-order valence-corrected chi connectivity index (χ3v) is 6.95. The molecule has 0 rings (SSSR count). The summed E-state index contributed by atoms with van der Waals surface area (Å²) in [5, 5.41) is 8.89. The number of carbonyl (C=O) groups excluding carboxylic acids is 5. The summed E-state index contributed by atoms with van der Waals surface area (Å²) in [7, 11) is 0. The summed E-state index contributed by atoms with van der Waals surface area (Å²) < 4.78 is 217. The number of halogens is 15. The van der Waals surface area contributed by atoms with E-state index in [4.69, 9.17) is 9.84 Å². The molecule has 310 valence electrons. The minimum Gasteiger partial charge on any atom is -0.463 e. The van der Waals surface area contributed by atoms with Crippen LogP contribution in [-0.2, 0) is 47.7 Å². The van der Waals surface area contributed by atoms with Crippen LogP contribution in [0.25, 0.3) is 0 Å². The fraction of sp³-hybridized carbons (Fsp3) is 0.815. The fourth-order valence-corrected chi connectivity index (χ4v) is 4.21. The van der Waals surface area contributed by atoms with Crippen LogP contribution in [0.15, 0.2) is 0 Å². The molecule has 0 heterocycles. The second kappa shape index (κ2) is 18.5. The van der Waals surface area contributed by atoms with Crippen molar-refractivity contribution in [3.05, 3.63) is 0 Å². The van der Waals surface area contributed by atoms with Crippen LogP contribution in [0.1, 0.15) is 40.5 Å². The van der Waals surface area contributed by atoms with Gasteiger partial charge in [0.2, 0.25) is 0 Å². The summed E-state index contributed by atoms with van der Waals surface area (Å²) in [6, 6.07) is 0. The highest BCUT2D eigenvalue weighted by Gasteiger charge is 2.61. The van der Waals surface area contributed by atoms with Gasteiger partial charge in [0.15, 0.2) is 13.2 Å². The zero-order valence-electron chi connectivity index (χ0n) is 27.4. The molecular weight excluding hydrogens is 785 g/mol. The summed E-state index contributed by atoms with van der Waals surface area (Å²) in [5.74, 6) is -30.7. The lowest BCUT2D eigenvalue weighted by molar-refractivity contribution is -0.314. The summed E-state index contributed by atoms with van der Waals surface area (Å²) in [6.45, 7) is -4.72. The molecule has 0 aliphatic heterocycles. The van der Waals surface area contributed by atoms with Gasteiger partial charge in [0.25, 0.3) is 6.10 Å². The molecule has 0 saturated carbocycles. The molecule has 0 spiro atoms. The first-order valence-corrected chi connectivity index (χ1v) is 14.4. The number of hydrogen-bond donors (Lipinski definition) is 1. The number of alkyl halides is 15. The van der Waals surface area contributed by atoms with Crippen molar-refractivity contribution in [2.45, 2.75) is 89.0 Å². The molecule has 0 radical (unpaired) electrons. The Balaban J connectivity index is 7.16. The maximum atomic E-state index is 13.5. The van der Waals surface area contributed by atoms with Crippen molar-refractivity contribution < 1.29 is 119 Å². The van der Waals surface area contributed by atoms with Gasteiger partial charge >= 0.3 is 66.6 Å². The van der Waals surface area contributed by atoms with Gasteiger partial charge in [0, 0.05) is 19.8 Å². The normalized spacial score (nSPS) is 16.6. The molecule has 5 unspecified atom stereocenters. The first kappa shape index (κ1) is 49.3. The Bertz CT molecular complexity index is 1250. The number of ether oxygens (including phenoxy) is 5. The highest BCUT2D eigenvalue weighted by atomic mass is 19.4. The van der Waals surface area contributed by atoms with Crippen molar-refractivity contribution >= 4 is 29.8 Å². The standard InChI is InChI=1S/C27H31F15O11/c1-11(16(45)49-6-5-43)14(19(48)51-10-24(32,33)27(40,41)42)7-22(4,53-13(3)44)8-15(18(47)50-9-23(30,31)21(28)29)12(2)17(46)52-20(25(34,35)36)26(37,38)39/h11-12,14-15,20-21,43H,5-10H2,1-4H3. The molecule has 0 aromatic rings. The molecule has 0 aliphatic carbocycles. The molecule has 0 aliphatic rings. The molecular formula is C27H31F15O11. The van der Waals surface area contributed by atoms with E-state index in [2.05, 4.69) is 18.9 Å². The largest absolute Gasteiger partial charge is 0.463 e. The minimum absolute atomic E-state index is 0.331. The Morgan fingerprint density at radius 1 is 0.642 bits per heavy atom.